The minimum Gasteiger partial charge on any atom is -0.496 e. The summed E-state index contributed by atoms with van der Waals surface area (Å²) in [7, 11) is 1.64. The summed E-state index contributed by atoms with van der Waals surface area (Å²) in [6, 6.07) is 7.62. The highest BCUT2D eigenvalue weighted by atomic mass is 79.9. The lowest BCUT2D eigenvalue weighted by Crippen LogP contribution is -2.16. The standard InChI is InChI=1S/C20H24BrNO3/c1-13-16(20(23)24)11-18(17-10-15(21)8-9-19(17)25-2)22(13)12-14-6-4-3-5-7-14/h8-11,14H,3-7,12H2,1-2H3,(H,23,24). The molecule has 3 rings (SSSR count). The van der Waals surface area contributed by atoms with Crippen molar-refractivity contribution in [1.29, 1.82) is 0 Å². The molecule has 1 fully saturated rings. The number of rotatable bonds is 5. The van der Waals surface area contributed by atoms with E-state index in [-0.39, 0.29) is 0 Å². The lowest BCUT2D eigenvalue weighted by Gasteiger charge is -2.24. The molecular weight excluding hydrogens is 382 g/mol. The van der Waals surface area contributed by atoms with Crippen molar-refractivity contribution in [3.8, 4) is 17.0 Å². The lowest BCUT2D eigenvalue weighted by atomic mass is 9.89. The molecular formula is C20H24BrNO3. The minimum atomic E-state index is -0.880. The molecule has 0 unspecified atom stereocenters. The molecule has 0 spiro atoms. The molecule has 4 nitrogen and oxygen atoms in total. The number of nitrogens with zero attached hydrogens (tertiary/aromatic N) is 1. The van der Waals surface area contributed by atoms with Gasteiger partial charge in [0.1, 0.15) is 5.75 Å². The molecule has 0 atom stereocenters. The van der Waals surface area contributed by atoms with E-state index in [1.807, 2.05) is 25.1 Å². The number of aromatic carboxylic acids is 1. The average Bonchev–Trinajstić information content (AvgIpc) is 2.93. The Bertz CT molecular complexity index is 775. The third-order valence-electron chi connectivity index (χ3n) is 5.20. The van der Waals surface area contributed by atoms with Gasteiger partial charge in [0.25, 0.3) is 0 Å². The van der Waals surface area contributed by atoms with Crippen LogP contribution in [0.5, 0.6) is 5.75 Å². The number of carboxylic acids is 1. The van der Waals surface area contributed by atoms with Crippen molar-refractivity contribution in [1.82, 2.24) is 4.57 Å². The Balaban J connectivity index is 2.10. The highest BCUT2D eigenvalue weighted by molar-refractivity contribution is 9.10. The van der Waals surface area contributed by atoms with Crippen LogP contribution in [-0.4, -0.2) is 22.8 Å². The number of aromatic nitrogens is 1. The van der Waals surface area contributed by atoms with E-state index >= 15 is 0 Å². The van der Waals surface area contributed by atoms with Crippen molar-refractivity contribution in [3.05, 3.63) is 40.0 Å². The Labute approximate surface area is 156 Å². The smallest absolute Gasteiger partial charge is 0.337 e. The second-order valence-electron chi connectivity index (χ2n) is 6.79. The van der Waals surface area contributed by atoms with Crippen LogP contribution in [0.4, 0.5) is 0 Å². The number of hydrogen-bond acceptors (Lipinski definition) is 2. The first-order chi connectivity index (χ1) is 12.0. The topological polar surface area (TPSA) is 51.5 Å². The van der Waals surface area contributed by atoms with Crippen LogP contribution >= 0.6 is 15.9 Å². The number of carbonyl (C=O) groups is 1. The van der Waals surface area contributed by atoms with Gasteiger partial charge in [-0.25, -0.2) is 4.79 Å². The van der Waals surface area contributed by atoms with Gasteiger partial charge in [-0.3, -0.25) is 0 Å². The molecule has 0 aliphatic heterocycles. The van der Waals surface area contributed by atoms with E-state index in [0.29, 0.717) is 11.5 Å². The highest BCUT2D eigenvalue weighted by Crippen LogP contribution is 2.37. The summed E-state index contributed by atoms with van der Waals surface area (Å²) in [5.74, 6) is 0.482. The number of carboxylic acid groups (broad SMARTS) is 1. The van der Waals surface area contributed by atoms with E-state index in [1.165, 1.54) is 32.1 Å². The predicted octanol–water partition coefficient (Wildman–Crippen LogP) is 5.51. The summed E-state index contributed by atoms with van der Waals surface area (Å²) in [4.78, 5) is 11.7. The SMILES string of the molecule is COc1ccc(Br)cc1-c1cc(C(=O)O)c(C)n1CC1CCCCC1. The molecule has 2 aromatic rings. The fourth-order valence-electron chi connectivity index (χ4n) is 3.83. The van der Waals surface area contributed by atoms with E-state index in [2.05, 4.69) is 20.5 Å². The normalized spacial score (nSPS) is 15.3. The Morgan fingerprint density at radius 2 is 2.00 bits per heavy atom. The molecule has 0 saturated heterocycles. The van der Waals surface area contributed by atoms with Crippen molar-refractivity contribution in [2.45, 2.75) is 45.6 Å². The molecule has 1 saturated carbocycles. The monoisotopic (exact) mass is 405 g/mol. The molecule has 25 heavy (non-hydrogen) atoms. The maximum atomic E-state index is 11.7. The molecule has 0 amide bonds. The van der Waals surface area contributed by atoms with Gasteiger partial charge in [-0.1, -0.05) is 35.2 Å². The second-order valence-corrected chi connectivity index (χ2v) is 7.71. The predicted molar refractivity (Wildman–Crippen MR) is 102 cm³/mol. The first kappa shape index (κ1) is 18.1. The van der Waals surface area contributed by atoms with Crippen LogP contribution in [0, 0.1) is 12.8 Å². The van der Waals surface area contributed by atoms with Crippen molar-refractivity contribution in [3.63, 3.8) is 0 Å². The quantitative estimate of drug-likeness (QED) is 0.712. The van der Waals surface area contributed by atoms with Gasteiger partial charge in [0.2, 0.25) is 0 Å². The van der Waals surface area contributed by atoms with Gasteiger partial charge in [0.15, 0.2) is 0 Å². The fraction of sp³-hybridized carbons (Fsp3) is 0.450. The van der Waals surface area contributed by atoms with Crippen molar-refractivity contribution >= 4 is 21.9 Å². The summed E-state index contributed by atoms with van der Waals surface area (Å²) in [6.45, 7) is 2.77. The molecule has 1 aliphatic carbocycles. The maximum Gasteiger partial charge on any atom is 0.337 e. The van der Waals surface area contributed by atoms with Crippen LogP contribution in [0.15, 0.2) is 28.7 Å². The molecule has 1 aromatic carbocycles. The van der Waals surface area contributed by atoms with Gasteiger partial charge >= 0.3 is 5.97 Å². The highest BCUT2D eigenvalue weighted by Gasteiger charge is 2.23. The summed E-state index contributed by atoms with van der Waals surface area (Å²) in [5, 5.41) is 9.58. The summed E-state index contributed by atoms with van der Waals surface area (Å²) in [6.07, 6.45) is 6.29. The summed E-state index contributed by atoms with van der Waals surface area (Å²) >= 11 is 3.52. The molecule has 0 radical (unpaired) electrons. The van der Waals surface area contributed by atoms with E-state index in [0.717, 1.165) is 33.7 Å². The zero-order valence-corrected chi connectivity index (χ0v) is 16.3. The molecule has 5 heteroatoms. The number of ether oxygens (including phenoxy) is 1. The Morgan fingerprint density at radius 1 is 1.28 bits per heavy atom. The van der Waals surface area contributed by atoms with Crippen LogP contribution in [-0.2, 0) is 6.54 Å². The van der Waals surface area contributed by atoms with Crippen molar-refractivity contribution in [2.24, 2.45) is 5.92 Å². The van der Waals surface area contributed by atoms with Crippen LogP contribution in [0.2, 0.25) is 0 Å². The van der Waals surface area contributed by atoms with Crippen molar-refractivity contribution in [2.75, 3.05) is 7.11 Å². The fourth-order valence-corrected chi connectivity index (χ4v) is 4.19. The molecule has 1 aliphatic rings. The van der Waals surface area contributed by atoms with Crippen LogP contribution < -0.4 is 4.74 Å². The second kappa shape index (κ2) is 7.65. The van der Waals surface area contributed by atoms with Gasteiger partial charge in [-0.05, 0) is 49.9 Å². The van der Waals surface area contributed by atoms with E-state index in [4.69, 9.17) is 4.74 Å². The van der Waals surface area contributed by atoms with Gasteiger partial charge < -0.3 is 14.4 Å². The largest absolute Gasteiger partial charge is 0.496 e. The molecule has 1 N–H and O–H groups in total. The Morgan fingerprint density at radius 3 is 2.64 bits per heavy atom. The number of hydrogen-bond donors (Lipinski definition) is 1. The van der Waals surface area contributed by atoms with Crippen LogP contribution in [0.3, 0.4) is 0 Å². The minimum absolute atomic E-state index is 0.368. The Kier molecular flexibility index (Phi) is 5.52. The number of benzene rings is 1. The third-order valence-corrected chi connectivity index (χ3v) is 5.69. The Hall–Kier alpha value is -1.75. The van der Waals surface area contributed by atoms with E-state index in [1.54, 1.807) is 13.2 Å². The molecule has 1 heterocycles. The summed E-state index contributed by atoms with van der Waals surface area (Å²) < 4.78 is 8.65. The molecule has 134 valence electrons. The summed E-state index contributed by atoms with van der Waals surface area (Å²) in [5.41, 5.74) is 3.02. The van der Waals surface area contributed by atoms with Crippen LogP contribution in [0.25, 0.3) is 11.3 Å². The lowest BCUT2D eigenvalue weighted by molar-refractivity contribution is 0.0696. The molecule has 0 bridgehead atoms. The first-order valence-electron chi connectivity index (χ1n) is 8.78. The van der Waals surface area contributed by atoms with E-state index < -0.39 is 5.97 Å². The number of halogens is 1. The average molecular weight is 406 g/mol. The zero-order valence-electron chi connectivity index (χ0n) is 14.7. The third kappa shape index (κ3) is 3.76. The van der Waals surface area contributed by atoms with E-state index in [9.17, 15) is 9.90 Å². The van der Waals surface area contributed by atoms with Crippen LogP contribution in [0.1, 0.15) is 48.2 Å². The zero-order chi connectivity index (χ0) is 18.0. The number of methoxy groups -OCH3 is 1. The van der Waals surface area contributed by atoms with Gasteiger partial charge in [-0.2, -0.15) is 0 Å². The van der Waals surface area contributed by atoms with Crippen molar-refractivity contribution < 1.29 is 14.6 Å². The van der Waals surface area contributed by atoms with Gasteiger partial charge in [0, 0.05) is 22.3 Å². The maximum absolute atomic E-state index is 11.7. The first-order valence-corrected chi connectivity index (χ1v) is 9.58. The van der Waals surface area contributed by atoms with Gasteiger partial charge in [0.05, 0.1) is 18.4 Å². The molecule has 1 aromatic heterocycles. The van der Waals surface area contributed by atoms with Gasteiger partial charge in [-0.15, -0.1) is 0 Å².